The zero-order valence-electron chi connectivity index (χ0n) is 15.0. The van der Waals surface area contributed by atoms with Gasteiger partial charge in [-0.25, -0.2) is 14.5 Å². The first-order chi connectivity index (χ1) is 13.5. The van der Waals surface area contributed by atoms with E-state index < -0.39 is 5.41 Å². The lowest BCUT2D eigenvalue weighted by atomic mass is 9.97. The van der Waals surface area contributed by atoms with Crippen LogP contribution < -0.4 is 11.1 Å². The summed E-state index contributed by atoms with van der Waals surface area (Å²) in [5, 5.41) is 9.79. The zero-order chi connectivity index (χ0) is 19.5. The maximum Gasteiger partial charge on any atom is 0.229 e. The van der Waals surface area contributed by atoms with Crippen LogP contribution in [-0.4, -0.2) is 37.5 Å². The van der Waals surface area contributed by atoms with E-state index in [1.54, 1.807) is 42.3 Å². The molecule has 1 aliphatic carbocycles. The average Bonchev–Trinajstić information content (AvgIpc) is 3.40. The Kier molecular flexibility index (Phi) is 3.54. The fourth-order valence-corrected chi connectivity index (χ4v) is 3.72. The Morgan fingerprint density at radius 3 is 2.79 bits per heavy atom. The summed E-state index contributed by atoms with van der Waals surface area (Å²) in [7, 11) is 1.80. The van der Waals surface area contributed by atoms with E-state index in [0.29, 0.717) is 40.8 Å². The van der Waals surface area contributed by atoms with Crippen LogP contribution in [-0.2, 0) is 10.2 Å². The summed E-state index contributed by atoms with van der Waals surface area (Å²) in [5.41, 5.74) is 6.93. The first-order valence-electron chi connectivity index (χ1n) is 8.82. The normalized spacial score (nSPS) is 15.1. The average molecular weight is 394 g/mol. The molecule has 0 atom stereocenters. The number of aromatic nitrogens is 5. The minimum absolute atomic E-state index is 0.346. The minimum Gasteiger partial charge on any atom is -0.373 e. The number of halogens is 1. The molecule has 1 saturated carbocycles. The number of amides is 1. The summed E-state index contributed by atoms with van der Waals surface area (Å²) in [6, 6.07) is 5.47. The van der Waals surface area contributed by atoms with Crippen molar-refractivity contribution in [1.29, 1.82) is 0 Å². The van der Waals surface area contributed by atoms with Gasteiger partial charge >= 0.3 is 0 Å². The molecule has 0 spiro atoms. The molecule has 1 fully saturated rings. The maximum absolute atomic E-state index is 12.0. The molecule has 5 rings (SSSR count). The Bertz CT molecular complexity index is 1260. The van der Waals surface area contributed by atoms with Crippen LogP contribution in [0.4, 0.5) is 5.82 Å². The lowest BCUT2D eigenvalue weighted by molar-refractivity contribution is -0.120. The largest absolute Gasteiger partial charge is 0.373 e. The maximum atomic E-state index is 12.0. The third-order valence-corrected chi connectivity index (χ3v) is 5.57. The van der Waals surface area contributed by atoms with Gasteiger partial charge in [0.2, 0.25) is 5.91 Å². The lowest BCUT2D eigenvalue weighted by Crippen LogP contribution is -2.29. The highest BCUT2D eigenvalue weighted by Crippen LogP contribution is 2.48. The highest BCUT2D eigenvalue weighted by atomic mass is 35.5. The molecule has 28 heavy (non-hydrogen) atoms. The zero-order valence-corrected chi connectivity index (χ0v) is 15.7. The van der Waals surface area contributed by atoms with Gasteiger partial charge in [0.05, 0.1) is 16.1 Å². The quantitative estimate of drug-likeness (QED) is 0.551. The molecule has 3 N–H and O–H groups in total. The molecular weight excluding hydrogens is 378 g/mol. The predicted octanol–water partition coefficient (Wildman–Crippen LogP) is 2.55. The molecule has 0 radical (unpaired) electrons. The second kappa shape index (κ2) is 5.87. The van der Waals surface area contributed by atoms with E-state index in [9.17, 15) is 4.79 Å². The van der Waals surface area contributed by atoms with Gasteiger partial charge in [-0.2, -0.15) is 0 Å². The molecular formula is C19H16ClN7O. The molecule has 9 heteroatoms. The number of fused-ring (bicyclic) bond motifs is 2. The summed E-state index contributed by atoms with van der Waals surface area (Å²) in [6.45, 7) is 0. The second-order valence-corrected chi connectivity index (χ2v) is 7.30. The standard InChI is InChI=1S/C19H16ClN7O/c1-22-15-11-8-23-14(19(4-5-19)18(21)28)7-10(11)12(9-24-15)16-25-17-13(20)3-2-6-27(17)26-16/h2-3,6-9H,4-5H2,1H3,(H2,21,28)(H,22,24). The molecule has 4 heterocycles. The Morgan fingerprint density at radius 2 is 2.11 bits per heavy atom. The van der Waals surface area contributed by atoms with E-state index in [-0.39, 0.29) is 5.91 Å². The molecule has 0 saturated heterocycles. The fourth-order valence-electron chi connectivity index (χ4n) is 3.52. The van der Waals surface area contributed by atoms with E-state index in [2.05, 4.69) is 25.4 Å². The van der Waals surface area contributed by atoms with Crippen molar-refractivity contribution in [2.24, 2.45) is 5.73 Å². The van der Waals surface area contributed by atoms with Gasteiger partial charge in [-0.15, -0.1) is 5.10 Å². The van der Waals surface area contributed by atoms with Crippen LogP contribution >= 0.6 is 11.6 Å². The lowest BCUT2D eigenvalue weighted by Gasteiger charge is -2.13. The molecule has 1 amide bonds. The minimum atomic E-state index is -0.676. The van der Waals surface area contributed by atoms with E-state index in [4.69, 9.17) is 17.3 Å². The number of hydrogen-bond donors (Lipinski definition) is 2. The van der Waals surface area contributed by atoms with Crippen LogP contribution in [0.25, 0.3) is 27.8 Å². The molecule has 8 nitrogen and oxygen atoms in total. The Balaban J connectivity index is 1.78. The SMILES string of the molecule is CNc1ncc(-c2nc3c(Cl)cccn3n2)c2cc(C3(C(N)=O)CC3)ncc12. The van der Waals surface area contributed by atoms with Crippen LogP contribution in [0.2, 0.25) is 5.02 Å². The van der Waals surface area contributed by atoms with Crippen molar-refractivity contribution < 1.29 is 4.79 Å². The van der Waals surface area contributed by atoms with Crippen LogP contribution in [0.1, 0.15) is 18.5 Å². The number of pyridine rings is 3. The summed E-state index contributed by atoms with van der Waals surface area (Å²) >= 11 is 6.24. The summed E-state index contributed by atoms with van der Waals surface area (Å²) in [5.74, 6) is 0.833. The van der Waals surface area contributed by atoms with Crippen molar-refractivity contribution in [2.45, 2.75) is 18.3 Å². The van der Waals surface area contributed by atoms with Crippen LogP contribution in [0, 0.1) is 0 Å². The number of nitrogens with zero attached hydrogens (tertiary/aromatic N) is 5. The number of carbonyl (C=O) groups is 1. The van der Waals surface area contributed by atoms with E-state index in [1.165, 1.54) is 0 Å². The van der Waals surface area contributed by atoms with Gasteiger partial charge < -0.3 is 11.1 Å². The topological polar surface area (TPSA) is 111 Å². The van der Waals surface area contributed by atoms with Gasteiger partial charge in [0, 0.05) is 42.0 Å². The molecule has 4 aromatic rings. The van der Waals surface area contributed by atoms with Gasteiger partial charge in [0.25, 0.3) is 0 Å². The number of nitrogens with one attached hydrogen (secondary N) is 1. The van der Waals surface area contributed by atoms with E-state index in [1.807, 2.05) is 6.07 Å². The van der Waals surface area contributed by atoms with E-state index >= 15 is 0 Å². The van der Waals surface area contributed by atoms with Crippen molar-refractivity contribution >= 4 is 39.7 Å². The number of nitrogens with two attached hydrogens (primary N) is 1. The first kappa shape index (κ1) is 16.9. The van der Waals surface area contributed by atoms with E-state index in [0.717, 1.165) is 16.3 Å². The number of primary amides is 1. The summed E-state index contributed by atoms with van der Waals surface area (Å²) in [4.78, 5) is 25.5. The number of anilines is 1. The smallest absolute Gasteiger partial charge is 0.229 e. The number of hydrogen-bond acceptors (Lipinski definition) is 6. The molecule has 1 aliphatic rings. The van der Waals surface area contributed by atoms with Crippen LogP contribution in [0.15, 0.2) is 36.8 Å². The van der Waals surface area contributed by atoms with Gasteiger partial charge in [0.15, 0.2) is 11.5 Å². The third kappa shape index (κ3) is 2.34. The molecule has 0 bridgehead atoms. The van der Waals surface area contributed by atoms with Crippen molar-refractivity contribution in [3.8, 4) is 11.4 Å². The van der Waals surface area contributed by atoms with Gasteiger partial charge in [-0.3, -0.25) is 9.78 Å². The van der Waals surface area contributed by atoms with Gasteiger partial charge in [-0.1, -0.05) is 11.6 Å². The number of rotatable bonds is 4. The highest BCUT2D eigenvalue weighted by molar-refractivity contribution is 6.33. The summed E-state index contributed by atoms with van der Waals surface area (Å²) in [6.07, 6.45) is 6.64. The summed E-state index contributed by atoms with van der Waals surface area (Å²) < 4.78 is 1.63. The molecule has 0 aliphatic heterocycles. The molecule has 0 aromatic carbocycles. The van der Waals surface area contributed by atoms with Crippen molar-refractivity contribution in [3.63, 3.8) is 0 Å². The highest BCUT2D eigenvalue weighted by Gasteiger charge is 2.51. The third-order valence-electron chi connectivity index (χ3n) is 5.28. The monoisotopic (exact) mass is 393 g/mol. The Labute approximate surface area is 164 Å². The van der Waals surface area contributed by atoms with Crippen molar-refractivity contribution in [2.75, 3.05) is 12.4 Å². The van der Waals surface area contributed by atoms with Crippen LogP contribution in [0.3, 0.4) is 0 Å². The number of carbonyl (C=O) groups excluding carboxylic acids is 1. The van der Waals surface area contributed by atoms with Gasteiger partial charge in [-0.05, 0) is 31.0 Å². The molecule has 140 valence electrons. The Hall–Kier alpha value is -3.26. The first-order valence-corrected chi connectivity index (χ1v) is 9.19. The van der Waals surface area contributed by atoms with Crippen LogP contribution in [0.5, 0.6) is 0 Å². The Morgan fingerprint density at radius 1 is 1.29 bits per heavy atom. The molecule has 0 unspecified atom stereocenters. The fraction of sp³-hybridized carbons (Fsp3) is 0.211. The second-order valence-electron chi connectivity index (χ2n) is 6.89. The molecule has 4 aromatic heterocycles. The van der Waals surface area contributed by atoms with Crippen molar-refractivity contribution in [1.82, 2.24) is 24.6 Å². The van der Waals surface area contributed by atoms with Gasteiger partial charge in [0.1, 0.15) is 5.82 Å². The predicted molar refractivity (Wildman–Crippen MR) is 106 cm³/mol. The van der Waals surface area contributed by atoms with Crippen molar-refractivity contribution in [3.05, 3.63) is 47.5 Å².